The number of hydrogen-bond acceptors (Lipinski definition) is 4. The summed E-state index contributed by atoms with van der Waals surface area (Å²) >= 11 is 0. The van der Waals surface area contributed by atoms with Crippen LogP contribution >= 0.6 is 0 Å². The summed E-state index contributed by atoms with van der Waals surface area (Å²) in [6, 6.07) is -0.0603. The van der Waals surface area contributed by atoms with Crippen LogP contribution < -0.4 is 16.4 Å². The van der Waals surface area contributed by atoms with Gasteiger partial charge in [0.2, 0.25) is 17.6 Å². The predicted octanol–water partition coefficient (Wildman–Crippen LogP) is 0.514. The molecule has 3 amide bonds. The van der Waals surface area contributed by atoms with Crippen molar-refractivity contribution in [2.75, 3.05) is 6.54 Å². The number of Topliss-reactive ketones (excluding diaryl/α,β-unsaturated/α-hetero) is 1. The smallest absolute Gasteiger partial charge is 0.288 e. The van der Waals surface area contributed by atoms with Gasteiger partial charge in [0.25, 0.3) is 5.91 Å². The Kier molecular flexibility index (Phi) is 6.14. The Hall–Kier alpha value is -1.92. The van der Waals surface area contributed by atoms with Crippen molar-refractivity contribution < 1.29 is 19.2 Å². The van der Waals surface area contributed by atoms with Crippen LogP contribution in [0.1, 0.15) is 53.9 Å². The molecule has 4 N–H and O–H groups in total. The van der Waals surface area contributed by atoms with Gasteiger partial charge in [-0.2, -0.15) is 0 Å². The molecule has 1 aliphatic rings. The van der Waals surface area contributed by atoms with E-state index in [4.69, 9.17) is 5.73 Å². The van der Waals surface area contributed by atoms with Crippen LogP contribution in [0.2, 0.25) is 0 Å². The molecule has 1 fully saturated rings. The normalized spacial score (nSPS) is 21.2. The van der Waals surface area contributed by atoms with Gasteiger partial charge in [-0.25, -0.2) is 0 Å². The van der Waals surface area contributed by atoms with Crippen molar-refractivity contribution in [3.8, 4) is 0 Å². The lowest BCUT2D eigenvalue weighted by molar-refractivity contribution is -0.142. The molecule has 0 bridgehead atoms. The minimum absolute atomic E-state index is 0.0603. The van der Waals surface area contributed by atoms with Crippen molar-refractivity contribution in [1.29, 1.82) is 0 Å². The standard InChI is InChI=1S/C17H29N3O4/c1-16(2,3)12(21)13(22)20-11-7-6-10(8-11)9-19-15(24)17(4,5)14(18)23/h10-11H,6-9H2,1-5H3,(H2,18,23)(H,19,24)(H,20,22)/t10-,11+/m0/s1. The highest BCUT2D eigenvalue weighted by Gasteiger charge is 2.35. The van der Waals surface area contributed by atoms with Crippen LogP contribution in [0.15, 0.2) is 0 Å². The van der Waals surface area contributed by atoms with Gasteiger partial charge in [-0.05, 0) is 39.0 Å². The summed E-state index contributed by atoms with van der Waals surface area (Å²) in [4.78, 5) is 47.1. The number of carbonyl (C=O) groups excluding carboxylic acids is 4. The van der Waals surface area contributed by atoms with Gasteiger partial charge in [-0.1, -0.05) is 20.8 Å². The molecule has 0 saturated heterocycles. The molecule has 2 atom stereocenters. The first-order valence-electron chi connectivity index (χ1n) is 8.29. The molecule has 136 valence electrons. The maximum atomic E-state index is 12.0. The molecule has 7 heteroatoms. The summed E-state index contributed by atoms with van der Waals surface area (Å²) < 4.78 is 0. The van der Waals surface area contributed by atoms with E-state index < -0.39 is 34.3 Å². The summed E-state index contributed by atoms with van der Waals surface area (Å²) in [6.07, 6.45) is 2.30. The number of primary amides is 1. The highest BCUT2D eigenvalue weighted by atomic mass is 16.2. The lowest BCUT2D eigenvalue weighted by Crippen LogP contribution is -2.47. The van der Waals surface area contributed by atoms with Crippen LogP contribution in [0, 0.1) is 16.7 Å². The third-order valence-corrected chi connectivity index (χ3v) is 4.50. The van der Waals surface area contributed by atoms with Crippen molar-refractivity contribution >= 4 is 23.5 Å². The zero-order chi connectivity index (χ0) is 18.7. The summed E-state index contributed by atoms with van der Waals surface area (Å²) in [6.45, 7) is 8.53. The molecule has 0 aromatic rings. The first-order chi connectivity index (χ1) is 10.9. The van der Waals surface area contributed by atoms with Crippen LogP contribution in [0.25, 0.3) is 0 Å². The van der Waals surface area contributed by atoms with E-state index in [2.05, 4.69) is 10.6 Å². The van der Waals surface area contributed by atoms with Gasteiger partial charge >= 0.3 is 0 Å². The summed E-state index contributed by atoms with van der Waals surface area (Å²) in [5, 5.41) is 5.52. The molecular formula is C17H29N3O4. The molecule has 1 saturated carbocycles. The first kappa shape index (κ1) is 20.1. The van der Waals surface area contributed by atoms with E-state index >= 15 is 0 Å². The molecule has 0 heterocycles. The average Bonchev–Trinajstić information content (AvgIpc) is 2.89. The quantitative estimate of drug-likeness (QED) is 0.483. The van der Waals surface area contributed by atoms with E-state index in [1.807, 2.05) is 0 Å². The second kappa shape index (κ2) is 7.32. The Labute approximate surface area is 143 Å². The van der Waals surface area contributed by atoms with Crippen molar-refractivity contribution in [1.82, 2.24) is 10.6 Å². The minimum atomic E-state index is -1.24. The number of rotatable bonds is 6. The Bertz CT molecular complexity index is 534. The van der Waals surface area contributed by atoms with Crippen LogP contribution in [-0.2, 0) is 19.2 Å². The van der Waals surface area contributed by atoms with Crippen molar-refractivity contribution in [2.45, 2.75) is 59.9 Å². The van der Waals surface area contributed by atoms with E-state index in [0.29, 0.717) is 13.0 Å². The maximum absolute atomic E-state index is 12.0. The number of nitrogens with two attached hydrogens (primary N) is 1. The fourth-order valence-electron chi connectivity index (χ4n) is 2.55. The molecule has 1 aliphatic carbocycles. The molecule has 0 spiro atoms. The molecule has 0 aromatic carbocycles. The SMILES string of the molecule is CC(C)(C)C(=O)C(=O)N[C@@H]1CC[C@H](CNC(=O)C(C)(C)C(N)=O)C1. The average molecular weight is 339 g/mol. The van der Waals surface area contributed by atoms with Crippen LogP contribution in [0.5, 0.6) is 0 Å². The molecule has 0 unspecified atom stereocenters. The number of carbonyl (C=O) groups is 4. The van der Waals surface area contributed by atoms with E-state index in [-0.39, 0.29) is 12.0 Å². The predicted molar refractivity (Wildman–Crippen MR) is 89.7 cm³/mol. The monoisotopic (exact) mass is 339 g/mol. The van der Waals surface area contributed by atoms with Gasteiger partial charge in [0.1, 0.15) is 5.41 Å². The van der Waals surface area contributed by atoms with E-state index in [0.717, 1.165) is 12.8 Å². The maximum Gasteiger partial charge on any atom is 0.288 e. The fraction of sp³-hybridized carbons (Fsp3) is 0.765. The van der Waals surface area contributed by atoms with Gasteiger partial charge in [-0.3, -0.25) is 19.2 Å². The van der Waals surface area contributed by atoms with Crippen molar-refractivity contribution in [3.05, 3.63) is 0 Å². The number of nitrogens with one attached hydrogen (secondary N) is 2. The third-order valence-electron chi connectivity index (χ3n) is 4.50. The minimum Gasteiger partial charge on any atom is -0.369 e. The third kappa shape index (κ3) is 5.04. The van der Waals surface area contributed by atoms with Crippen molar-refractivity contribution in [3.63, 3.8) is 0 Å². The Morgan fingerprint density at radius 3 is 2.12 bits per heavy atom. The molecule has 0 radical (unpaired) electrons. The Morgan fingerprint density at radius 2 is 1.62 bits per heavy atom. The van der Waals surface area contributed by atoms with Gasteiger partial charge in [-0.15, -0.1) is 0 Å². The summed E-state index contributed by atoms with van der Waals surface area (Å²) in [5.74, 6) is -1.84. The van der Waals surface area contributed by atoms with Gasteiger partial charge < -0.3 is 16.4 Å². The lowest BCUT2D eigenvalue weighted by Gasteiger charge is -2.21. The molecular weight excluding hydrogens is 310 g/mol. The molecule has 1 rings (SSSR count). The van der Waals surface area contributed by atoms with Crippen LogP contribution in [-0.4, -0.2) is 36.1 Å². The van der Waals surface area contributed by atoms with Crippen LogP contribution in [0.4, 0.5) is 0 Å². The van der Waals surface area contributed by atoms with E-state index in [1.54, 1.807) is 20.8 Å². The zero-order valence-corrected chi connectivity index (χ0v) is 15.2. The zero-order valence-electron chi connectivity index (χ0n) is 15.2. The largest absolute Gasteiger partial charge is 0.369 e. The number of hydrogen-bond donors (Lipinski definition) is 3. The fourth-order valence-corrected chi connectivity index (χ4v) is 2.55. The van der Waals surface area contributed by atoms with Gasteiger partial charge in [0.05, 0.1) is 0 Å². The molecule has 7 nitrogen and oxygen atoms in total. The highest BCUT2D eigenvalue weighted by molar-refractivity contribution is 6.37. The number of ketones is 1. The topological polar surface area (TPSA) is 118 Å². The second-order valence-corrected chi connectivity index (χ2v) is 8.13. The Morgan fingerprint density at radius 1 is 1.04 bits per heavy atom. The number of amides is 3. The van der Waals surface area contributed by atoms with E-state index in [1.165, 1.54) is 13.8 Å². The summed E-state index contributed by atoms with van der Waals surface area (Å²) in [7, 11) is 0. The van der Waals surface area contributed by atoms with E-state index in [9.17, 15) is 19.2 Å². The highest BCUT2D eigenvalue weighted by Crippen LogP contribution is 2.26. The van der Waals surface area contributed by atoms with Gasteiger partial charge in [0, 0.05) is 18.0 Å². The first-order valence-corrected chi connectivity index (χ1v) is 8.29. The summed E-state index contributed by atoms with van der Waals surface area (Å²) in [5.41, 5.74) is 3.27. The molecule has 0 aromatic heterocycles. The second-order valence-electron chi connectivity index (χ2n) is 8.13. The van der Waals surface area contributed by atoms with Crippen molar-refractivity contribution in [2.24, 2.45) is 22.5 Å². The lowest BCUT2D eigenvalue weighted by atomic mass is 9.90. The Balaban J connectivity index is 2.45. The molecule has 0 aliphatic heterocycles. The van der Waals surface area contributed by atoms with Gasteiger partial charge in [0.15, 0.2) is 0 Å². The van der Waals surface area contributed by atoms with Crippen LogP contribution in [0.3, 0.4) is 0 Å². The molecule has 24 heavy (non-hydrogen) atoms.